The monoisotopic (exact) mass is 481 g/mol. The Kier molecular flexibility index (Phi) is 5.97. The predicted octanol–water partition coefficient (Wildman–Crippen LogP) is 4.93. The maximum atomic E-state index is 13.2. The van der Waals surface area contributed by atoms with Crippen LogP contribution in [0.4, 0.5) is 4.39 Å². The number of benzene rings is 1. The van der Waals surface area contributed by atoms with E-state index in [1.54, 1.807) is 23.5 Å². The van der Waals surface area contributed by atoms with E-state index in [1.165, 1.54) is 27.9 Å². The van der Waals surface area contributed by atoms with Crippen LogP contribution in [0.25, 0.3) is 10.2 Å². The minimum absolute atomic E-state index is 0.0244. The Hall–Kier alpha value is -2.71. The molecular weight excluding hydrogens is 457 g/mol. The van der Waals surface area contributed by atoms with Gasteiger partial charge in [0.05, 0.1) is 18.3 Å². The number of Topliss-reactive ketones (excluding diaryl/α,β-unsaturated/α-hetero) is 1. The van der Waals surface area contributed by atoms with Gasteiger partial charge >= 0.3 is 0 Å². The van der Waals surface area contributed by atoms with Gasteiger partial charge in [-0.2, -0.15) is 11.8 Å². The van der Waals surface area contributed by atoms with Crippen LogP contribution < -0.4 is 5.56 Å². The molecule has 0 aliphatic carbocycles. The molecule has 4 heterocycles. The SMILES string of the molecule is Cc1cc(C(=O)Cn2cnc3sc4c(c3c2=O)CCSC4)c(C)n1CCc1ccc(F)cc1. The van der Waals surface area contributed by atoms with Crippen molar-refractivity contribution in [1.82, 2.24) is 14.1 Å². The third kappa shape index (κ3) is 4.17. The molecule has 0 atom stereocenters. The summed E-state index contributed by atoms with van der Waals surface area (Å²) in [6.45, 7) is 4.58. The summed E-state index contributed by atoms with van der Waals surface area (Å²) >= 11 is 3.48. The van der Waals surface area contributed by atoms with Gasteiger partial charge in [0.25, 0.3) is 5.56 Å². The third-order valence-electron chi connectivity index (χ3n) is 6.32. The number of thiophene rings is 1. The molecule has 0 radical (unpaired) electrons. The quantitative estimate of drug-likeness (QED) is 0.367. The van der Waals surface area contributed by atoms with E-state index in [1.807, 2.05) is 31.7 Å². The van der Waals surface area contributed by atoms with Crippen molar-refractivity contribution in [3.8, 4) is 0 Å². The average Bonchev–Trinajstić information content (AvgIpc) is 3.32. The van der Waals surface area contributed by atoms with Crippen molar-refractivity contribution in [1.29, 1.82) is 0 Å². The van der Waals surface area contributed by atoms with Gasteiger partial charge in [-0.3, -0.25) is 14.2 Å². The maximum Gasteiger partial charge on any atom is 0.262 e. The summed E-state index contributed by atoms with van der Waals surface area (Å²) in [6.07, 6.45) is 3.13. The van der Waals surface area contributed by atoms with Crippen molar-refractivity contribution in [3.63, 3.8) is 0 Å². The molecule has 33 heavy (non-hydrogen) atoms. The zero-order valence-electron chi connectivity index (χ0n) is 18.6. The first-order valence-electron chi connectivity index (χ1n) is 10.9. The van der Waals surface area contributed by atoms with Crippen molar-refractivity contribution in [2.45, 2.75) is 45.5 Å². The highest BCUT2D eigenvalue weighted by molar-refractivity contribution is 7.98. The Labute approximate surface area is 199 Å². The lowest BCUT2D eigenvalue weighted by Crippen LogP contribution is -2.25. The maximum absolute atomic E-state index is 13.2. The molecule has 5 rings (SSSR count). The van der Waals surface area contributed by atoms with E-state index in [2.05, 4.69) is 9.55 Å². The second kappa shape index (κ2) is 8.91. The highest BCUT2D eigenvalue weighted by Crippen LogP contribution is 2.35. The molecule has 5 nitrogen and oxygen atoms in total. The molecule has 170 valence electrons. The number of nitrogens with zero attached hydrogens (tertiary/aromatic N) is 3. The normalized spacial score (nSPS) is 13.4. The van der Waals surface area contributed by atoms with Crippen molar-refractivity contribution in [2.24, 2.45) is 0 Å². The first-order chi connectivity index (χ1) is 15.9. The Bertz CT molecular complexity index is 1420. The van der Waals surface area contributed by atoms with Crippen LogP contribution in [-0.4, -0.2) is 25.7 Å². The fourth-order valence-electron chi connectivity index (χ4n) is 4.52. The molecule has 0 amide bonds. The van der Waals surface area contributed by atoms with Crippen LogP contribution in [0, 0.1) is 19.7 Å². The molecule has 1 aromatic carbocycles. The van der Waals surface area contributed by atoms with Crippen LogP contribution in [0.2, 0.25) is 0 Å². The number of hydrogen-bond donors (Lipinski definition) is 0. The number of aromatic nitrogens is 3. The summed E-state index contributed by atoms with van der Waals surface area (Å²) in [5.74, 6) is 1.60. The van der Waals surface area contributed by atoms with Crippen molar-refractivity contribution < 1.29 is 9.18 Å². The fourth-order valence-corrected chi connectivity index (χ4v) is 6.83. The second-order valence-electron chi connectivity index (χ2n) is 8.40. The van der Waals surface area contributed by atoms with E-state index >= 15 is 0 Å². The zero-order chi connectivity index (χ0) is 23.1. The summed E-state index contributed by atoms with van der Waals surface area (Å²) in [5, 5.41) is 0.690. The molecule has 1 aliphatic heterocycles. The Morgan fingerprint density at radius 2 is 2.00 bits per heavy atom. The number of ketones is 1. The van der Waals surface area contributed by atoms with Gasteiger partial charge in [-0.15, -0.1) is 11.3 Å². The smallest absolute Gasteiger partial charge is 0.262 e. The number of fused-ring (bicyclic) bond motifs is 3. The van der Waals surface area contributed by atoms with Crippen LogP contribution in [0.1, 0.15) is 37.7 Å². The van der Waals surface area contributed by atoms with Crippen LogP contribution in [0.5, 0.6) is 0 Å². The molecule has 1 aliphatic rings. The number of hydrogen-bond acceptors (Lipinski definition) is 5. The van der Waals surface area contributed by atoms with E-state index in [-0.39, 0.29) is 23.7 Å². The van der Waals surface area contributed by atoms with Gasteiger partial charge in [0, 0.05) is 34.1 Å². The standard InChI is InChI=1S/C25H24FN3O2S2/c1-15-11-20(16(2)29(15)9-7-17-3-5-18(26)6-4-17)21(30)12-28-14-27-24-23(25(28)31)19-8-10-32-13-22(19)33-24/h3-6,11,14H,7-10,12-13H2,1-2H3. The van der Waals surface area contributed by atoms with E-state index in [9.17, 15) is 14.0 Å². The first kappa shape index (κ1) is 22.1. The van der Waals surface area contributed by atoms with E-state index in [0.717, 1.165) is 51.7 Å². The van der Waals surface area contributed by atoms with Crippen LogP contribution in [0.3, 0.4) is 0 Å². The van der Waals surface area contributed by atoms with Gasteiger partial charge in [0.2, 0.25) is 0 Å². The van der Waals surface area contributed by atoms with Crippen molar-refractivity contribution in [2.75, 3.05) is 5.75 Å². The summed E-state index contributed by atoms with van der Waals surface area (Å²) < 4.78 is 16.7. The fraction of sp³-hybridized carbons (Fsp3) is 0.320. The van der Waals surface area contributed by atoms with Gasteiger partial charge in [-0.25, -0.2) is 9.37 Å². The lowest BCUT2D eigenvalue weighted by Gasteiger charge is -2.11. The molecule has 0 saturated heterocycles. The second-order valence-corrected chi connectivity index (χ2v) is 10.6. The van der Waals surface area contributed by atoms with Crippen molar-refractivity contribution >= 4 is 39.1 Å². The average molecular weight is 482 g/mol. The van der Waals surface area contributed by atoms with Crippen LogP contribution in [0.15, 0.2) is 41.5 Å². The minimum atomic E-state index is -0.246. The van der Waals surface area contributed by atoms with Gasteiger partial charge in [0.1, 0.15) is 10.6 Å². The van der Waals surface area contributed by atoms with Gasteiger partial charge in [-0.05, 0) is 61.8 Å². The molecule has 3 aromatic heterocycles. The van der Waals surface area contributed by atoms with E-state index in [0.29, 0.717) is 17.5 Å². The molecule has 0 saturated carbocycles. The van der Waals surface area contributed by atoms with Crippen molar-refractivity contribution in [3.05, 3.63) is 85.8 Å². The highest BCUT2D eigenvalue weighted by atomic mass is 32.2. The lowest BCUT2D eigenvalue weighted by molar-refractivity contribution is 0.0970. The third-order valence-corrected chi connectivity index (χ3v) is 8.62. The minimum Gasteiger partial charge on any atom is -0.348 e. The van der Waals surface area contributed by atoms with Gasteiger partial charge in [-0.1, -0.05) is 12.1 Å². The first-order valence-corrected chi connectivity index (χ1v) is 12.9. The van der Waals surface area contributed by atoms with Crippen LogP contribution >= 0.6 is 23.1 Å². The molecule has 0 spiro atoms. The molecule has 0 N–H and O–H groups in total. The van der Waals surface area contributed by atoms with Crippen LogP contribution in [-0.2, 0) is 31.7 Å². The van der Waals surface area contributed by atoms with Gasteiger partial charge in [0.15, 0.2) is 5.78 Å². The highest BCUT2D eigenvalue weighted by Gasteiger charge is 2.22. The Balaban J connectivity index is 1.38. The summed E-state index contributed by atoms with van der Waals surface area (Å²) in [6, 6.07) is 8.39. The zero-order valence-corrected chi connectivity index (χ0v) is 20.2. The molecule has 8 heteroatoms. The van der Waals surface area contributed by atoms with Gasteiger partial charge < -0.3 is 4.57 Å². The molecule has 0 bridgehead atoms. The Morgan fingerprint density at radius 3 is 2.79 bits per heavy atom. The Morgan fingerprint density at radius 1 is 1.21 bits per heavy atom. The van der Waals surface area contributed by atoms with E-state index < -0.39 is 0 Å². The number of carbonyl (C=O) groups is 1. The number of thioether (sulfide) groups is 1. The molecular formula is C25H24FN3O2S2. The molecule has 0 fully saturated rings. The lowest BCUT2D eigenvalue weighted by atomic mass is 10.1. The number of rotatable bonds is 6. The summed E-state index contributed by atoms with van der Waals surface area (Å²) in [4.78, 5) is 32.9. The summed E-state index contributed by atoms with van der Waals surface area (Å²) in [5.41, 5.74) is 4.53. The number of halogens is 1. The molecule has 4 aromatic rings. The van der Waals surface area contributed by atoms with E-state index in [4.69, 9.17) is 0 Å². The largest absolute Gasteiger partial charge is 0.348 e. The molecule has 0 unspecified atom stereocenters. The predicted molar refractivity (Wildman–Crippen MR) is 132 cm³/mol. The summed E-state index contributed by atoms with van der Waals surface area (Å²) in [7, 11) is 0. The topological polar surface area (TPSA) is 56.9 Å². The number of aryl methyl sites for hydroxylation is 3. The number of carbonyl (C=O) groups excluding carboxylic acids is 1.